The van der Waals surface area contributed by atoms with Crippen molar-refractivity contribution in [1.29, 1.82) is 0 Å². The summed E-state index contributed by atoms with van der Waals surface area (Å²) in [5.74, 6) is 0.549. The van der Waals surface area contributed by atoms with E-state index in [-0.39, 0.29) is 0 Å². The highest BCUT2D eigenvalue weighted by Crippen LogP contribution is 2.07. The molecule has 3 nitrogen and oxygen atoms in total. The van der Waals surface area contributed by atoms with Crippen molar-refractivity contribution in [2.45, 2.75) is 84.0 Å². The third-order valence-corrected chi connectivity index (χ3v) is 3.92. The third-order valence-electron chi connectivity index (χ3n) is 3.92. The van der Waals surface area contributed by atoms with Crippen molar-refractivity contribution >= 4 is 5.96 Å². The number of nitrogens with one attached hydrogen (secondary N) is 1. The molecule has 0 rings (SSSR count). The number of unbranched alkanes of at least 4 members (excludes halogenated alkanes) is 9. The van der Waals surface area contributed by atoms with Crippen LogP contribution in [0, 0.1) is 0 Å². The van der Waals surface area contributed by atoms with Crippen LogP contribution >= 0.6 is 0 Å². The van der Waals surface area contributed by atoms with Crippen molar-refractivity contribution in [1.82, 2.24) is 5.32 Å². The molecule has 0 aromatic carbocycles. The van der Waals surface area contributed by atoms with Gasteiger partial charge in [0, 0.05) is 13.6 Å². The minimum Gasteiger partial charge on any atom is -0.370 e. The van der Waals surface area contributed by atoms with Gasteiger partial charge in [-0.15, -0.1) is 0 Å². The topological polar surface area (TPSA) is 50.4 Å². The summed E-state index contributed by atoms with van der Waals surface area (Å²) in [5.41, 5.74) is 5.57. The molecule has 0 aliphatic heterocycles. The minimum absolute atomic E-state index is 0.549. The molecular formula is C20H39N3. The molecule has 0 aliphatic rings. The monoisotopic (exact) mass is 321 g/mol. The van der Waals surface area contributed by atoms with E-state index in [1.807, 2.05) is 0 Å². The van der Waals surface area contributed by atoms with Crippen LogP contribution in [0.1, 0.15) is 84.0 Å². The van der Waals surface area contributed by atoms with Crippen molar-refractivity contribution in [3.63, 3.8) is 0 Å². The predicted molar refractivity (Wildman–Crippen MR) is 105 cm³/mol. The number of hydrogen-bond acceptors (Lipinski definition) is 1. The van der Waals surface area contributed by atoms with Crippen LogP contribution in [0.15, 0.2) is 29.3 Å². The zero-order valence-electron chi connectivity index (χ0n) is 15.5. The summed E-state index contributed by atoms with van der Waals surface area (Å²) in [7, 11) is 1.71. The first-order chi connectivity index (χ1) is 11.3. The van der Waals surface area contributed by atoms with Gasteiger partial charge in [-0.2, -0.15) is 0 Å². The molecule has 0 saturated carbocycles. The van der Waals surface area contributed by atoms with Crippen molar-refractivity contribution in [2.24, 2.45) is 10.7 Å². The van der Waals surface area contributed by atoms with Gasteiger partial charge in [0.2, 0.25) is 0 Å². The Hall–Kier alpha value is -1.25. The largest absolute Gasteiger partial charge is 0.370 e. The van der Waals surface area contributed by atoms with Crippen LogP contribution in [-0.4, -0.2) is 19.6 Å². The lowest BCUT2D eigenvalue weighted by Gasteiger charge is -2.04. The molecule has 0 unspecified atom stereocenters. The number of aliphatic imine (C=N–C) groups is 1. The van der Waals surface area contributed by atoms with E-state index in [1.54, 1.807) is 7.05 Å². The van der Waals surface area contributed by atoms with Gasteiger partial charge >= 0.3 is 0 Å². The number of guanidine groups is 1. The summed E-state index contributed by atoms with van der Waals surface area (Å²) in [4.78, 5) is 3.87. The highest BCUT2D eigenvalue weighted by Gasteiger charge is 1.92. The van der Waals surface area contributed by atoms with Gasteiger partial charge in [-0.25, -0.2) is 0 Å². The second kappa shape index (κ2) is 18.8. The van der Waals surface area contributed by atoms with Gasteiger partial charge in [0.1, 0.15) is 0 Å². The van der Waals surface area contributed by atoms with E-state index in [9.17, 15) is 0 Å². The van der Waals surface area contributed by atoms with Gasteiger partial charge in [-0.05, 0) is 38.5 Å². The fraction of sp³-hybridized carbons (Fsp3) is 0.750. The molecule has 0 atom stereocenters. The molecule has 0 radical (unpaired) electrons. The molecule has 0 fully saturated rings. The fourth-order valence-corrected chi connectivity index (χ4v) is 2.41. The van der Waals surface area contributed by atoms with E-state index >= 15 is 0 Å². The van der Waals surface area contributed by atoms with Crippen LogP contribution in [-0.2, 0) is 0 Å². The maximum absolute atomic E-state index is 5.57. The summed E-state index contributed by atoms with van der Waals surface area (Å²) in [6.45, 7) is 3.20. The molecule has 23 heavy (non-hydrogen) atoms. The summed E-state index contributed by atoms with van der Waals surface area (Å²) >= 11 is 0. The summed E-state index contributed by atoms with van der Waals surface area (Å²) in [6.07, 6.45) is 24.7. The smallest absolute Gasteiger partial charge is 0.188 e. The predicted octanol–water partition coefficient (Wildman–Crippen LogP) is 5.33. The number of hydrogen-bond donors (Lipinski definition) is 2. The van der Waals surface area contributed by atoms with Crippen molar-refractivity contribution in [2.75, 3.05) is 13.6 Å². The van der Waals surface area contributed by atoms with Crippen molar-refractivity contribution < 1.29 is 0 Å². The molecular weight excluding hydrogens is 282 g/mol. The Bertz CT molecular complexity index is 319. The first kappa shape index (κ1) is 21.8. The Balaban J connectivity index is 3.19. The lowest BCUT2D eigenvalue weighted by Crippen LogP contribution is -2.31. The Labute approximate surface area is 144 Å². The highest BCUT2D eigenvalue weighted by molar-refractivity contribution is 5.77. The van der Waals surface area contributed by atoms with Crippen LogP contribution in [0.4, 0.5) is 0 Å². The Morgan fingerprint density at radius 2 is 1.39 bits per heavy atom. The fourth-order valence-electron chi connectivity index (χ4n) is 2.41. The number of nitrogens with zero attached hydrogens (tertiary/aromatic N) is 1. The maximum atomic E-state index is 5.57. The summed E-state index contributed by atoms with van der Waals surface area (Å²) < 4.78 is 0. The molecule has 0 saturated heterocycles. The Kier molecular flexibility index (Phi) is 17.8. The Morgan fingerprint density at radius 3 is 2.00 bits per heavy atom. The second-order valence-electron chi connectivity index (χ2n) is 6.12. The molecule has 0 heterocycles. The first-order valence-corrected chi connectivity index (χ1v) is 9.57. The van der Waals surface area contributed by atoms with Gasteiger partial charge < -0.3 is 11.1 Å². The second-order valence-corrected chi connectivity index (χ2v) is 6.12. The Morgan fingerprint density at radius 1 is 0.826 bits per heavy atom. The quantitative estimate of drug-likeness (QED) is 0.185. The van der Waals surface area contributed by atoms with Crippen molar-refractivity contribution in [3.05, 3.63) is 24.3 Å². The van der Waals surface area contributed by atoms with Crippen LogP contribution in [0.5, 0.6) is 0 Å². The number of allylic oxidation sites excluding steroid dienone is 4. The maximum Gasteiger partial charge on any atom is 0.188 e. The lowest BCUT2D eigenvalue weighted by molar-refractivity contribution is 0.592. The van der Waals surface area contributed by atoms with Gasteiger partial charge in [0.25, 0.3) is 0 Å². The van der Waals surface area contributed by atoms with E-state index in [0.29, 0.717) is 5.96 Å². The van der Waals surface area contributed by atoms with E-state index in [4.69, 9.17) is 5.73 Å². The normalized spacial score (nSPS) is 12.5. The molecule has 0 aromatic heterocycles. The molecule has 3 N–H and O–H groups in total. The van der Waals surface area contributed by atoms with Crippen LogP contribution in [0.2, 0.25) is 0 Å². The van der Waals surface area contributed by atoms with Gasteiger partial charge in [0.15, 0.2) is 5.96 Å². The average molecular weight is 322 g/mol. The average Bonchev–Trinajstić information content (AvgIpc) is 2.57. The van der Waals surface area contributed by atoms with Gasteiger partial charge in [0.05, 0.1) is 0 Å². The zero-order chi connectivity index (χ0) is 17.0. The molecule has 0 aromatic rings. The number of nitrogens with two attached hydrogens (primary N) is 1. The number of rotatable bonds is 15. The van der Waals surface area contributed by atoms with Crippen LogP contribution in [0.3, 0.4) is 0 Å². The van der Waals surface area contributed by atoms with Gasteiger partial charge in [-0.3, -0.25) is 4.99 Å². The molecule has 3 heteroatoms. The van der Waals surface area contributed by atoms with Crippen molar-refractivity contribution in [3.8, 4) is 0 Å². The molecule has 0 amide bonds. The SMILES string of the molecule is CCCCC/C=C\C/C=C\CCCCCCCCNC(N)=NC. The molecule has 0 aliphatic carbocycles. The lowest BCUT2D eigenvalue weighted by atomic mass is 10.1. The summed E-state index contributed by atoms with van der Waals surface area (Å²) in [5, 5.41) is 3.09. The van der Waals surface area contributed by atoms with E-state index in [0.717, 1.165) is 13.0 Å². The van der Waals surface area contributed by atoms with Crippen LogP contribution in [0.25, 0.3) is 0 Å². The molecule has 134 valence electrons. The van der Waals surface area contributed by atoms with E-state index in [1.165, 1.54) is 70.6 Å². The summed E-state index contributed by atoms with van der Waals surface area (Å²) in [6, 6.07) is 0. The van der Waals surface area contributed by atoms with Crippen LogP contribution < -0.4 is 11.1 Å². The zero-order valence-corrected chi connectivity index (χ0v) is 15.5. The van der Waals surface area contributed by atoms with E-state index < -0.39 is 0 Å². The standard InChI is InChI=1S/C20H39N3/c1-3-4-5-6-7-8-9-10-11-12-13-14-15-16-17-18-19-23-20(21)22-2/h7-8,10-11H,3-6,9,12-19H2,1-2H3,(H3,21,22,23)/b8-7-,11-10-. The van der Waals surface area contributed by atoms with Gasteiger partial charge in [-0.1, -0.05) is 69.8 Å². The molecule has 0 bridgehead atoms. The minimum atomic E-state index is 0.549. The molecule has 0 spiro atoms. The first-order valence-electron chi connectivity index (χ1n) is 9.57. The third kappa shape index (κ3) is 18.7. The van der Waals surface area contributed by atoms with E-state index in [2.05, 4.69) is 41.5 Å². The highest BCUT2D eigenvalue weighted by atomic mass is 15.1.